The summed E-state index contributed by atoms with van der Waals surface area (Å²) in [7, 11) is 0. The number of aromatic nitrogens is 4. The molecule has 0 aliphatic carbocycles. The Morgan fingerprint density at radius 1 is 1.29 bits per heavy atom. The van der Waals surface area contributed by atoms with E-state index in [4.69, 9.17) is 4.42 Å². The lowest BCUT2D eigenvalue weighted by Gasteiger charge is -2.30. The highest BCUT2D eigenvalue weighted by Crippen LogP contribution is 2.26. The number of imidazole rings is 1. The van der Waals surface area contributed by atoms with Gasteiger partial charge in [0.05, 0.1) is 6.54 Å². The molecule has 3 aromatic heterocycles. The van der Waals surface area contributed by atoms with Gasteiger partial charge in [0.1, 0.15) is 11.6 Å². The van der Waals surface area contributed by atoms with Gasteiger partial charge in [-0.25, -0.2) is 4.98 Å². The van der Waals surface area contributed by atoms with E-state index < -0.39 is 0 Å². The third kappa shape index (κ3) is 2.97. The Bertz CT molecular complexity index is 783. The number of furan rings is 1. The summed E-state index contributed by atoms with van der Waals surface area (Å²) < 4.78 is 7.47. The highest BCUT2D eigenvalue weighted by Gasteiger charge is 2.27. The molecule has 0 spiro atoms. The topological polar surface area (TPSA) is 79.9 Å². The predicted octanol–water partition coefficient (Wildman–Crippen LogP) is 2.27. The number of nitrogens with one attached hydrogen (secondary N) is 1. The Hall–Kier alpha value is -2.83. The second-order valence-electron chi connectivity index (χ2n) is 6.01. The number of likely N-dealkylation sites (tertiary alicyclic amines) is 1. The van der Waals surface area contributed by atoms with Crippen LogP contribution in [-0.2, 0) is 6.54 Å². The first kappa shape index (κ1) is 14.7. The summed E-state index contributed by atoms with van der Waals surface area (Å²) in [4.78, 5) is 21.9. The van der Waals surface area contributed by atoms with Gasteiger partial charge < -0.3 is 14.3 Å². The van der Waals surface area contributed by atoms with Crippen molar-refractivity contribution >= 4 is 5.91 Å². The molecule has 4 rings (SSSR count). The number of carbonyl (C=O) groups is 1. The number of hydrogen-bond donors (Lipinski definition) is 1. The SMILES string of the molecule is O=C(c1ccc(Cn2cccn2)o1)N1CCC(c2ncc[nH]2)CC1. The van der Waals surface area contributed by atoms with Gasteiger partial charge in [0, 0.05) is 43.8 Å². The molecule has 0 bridgehead atoms. The number of hydrogen-bond acceptors (Lipinski definition) is 4. The minimum atomic E-state index is -0.0420. The van der Waals surface area contributed by atoms with Crippen LogP contribution < -0.4 is 0 Å². The second-order valence-corrected chi connectivity index (χ2v) is 6.01. The third-order valence-electron chi connectivity index (χ3n) is 4.44. The van der Waals surface area contributed by atoms with Crippen LogP contribution in [0.15, 0.2) is 47.4 Å². The molecular weight excluding hydrogens is 306 g/mol. The molecule has 1 aliphatic rings. The van der Waals surface area contributed by atoms with E-state index in [-0.39, 0.29) is 5.91 Å². The lowest BCUT2D eigenvalue weighted by atomic mass is 9.96. The molecule has 0 unspecified atom stereocenters. The van der Waals surface area contributed by atoms with Gasteiger partial charge in [-0.3, -0.25) is 9.48 Å². The summed E-state index contributed by atoms with van der Waals surface area (Å²) in [5, 5.41) is 4.14. The van der Waals surface area contributed by atoms with E-state index in [0.717, 1.165) is 37.5 Å². The molecule has 0 saturated carbocycles. The van der Waals surface area contributed by atoms with Crippen LogP contribution in [-0.4, -0.2) is 43.6 Å². The van der Waals surface area contributed by atoms with Crippen LogP contribution in [0.3, 0.4) is 0 Å². The number of rotatable bonds is 4. The first-order valence-corrected chi connectivity index (χ1v) is 8.14. The van der Waals surface area contributed by atoms with E-state index >= 15 is 0 Å². The number of piperidine rings is 1. The van der Waals surface area contributed by atoms with Crippen molar-refractivity contribution in [2.45, 2.75) is 25.3 Å². The third-order valence-corrected chi connectivity index (χ3v) is 4.44. The summed E-state index contributed by atoms with van der Waals surface area (Å²) in [5.41, 5.74) is 0. The van der Waals surface area contributed by atoms with Crippen LogP contribution in [0.4, 0.5) is 0 Å². The minimum absolute atomic E-state index is 0.0420. The average Bonchev–Trinajstić information content (AvgIpc) is 3.37. The van der Waals surface area contributed by atoms with Crippen LogP contribution in [0, 0.1) is 0 Å². The summed E-state index contributed by atoms with van der Waals surface area (Å²) in [6.07, 6.45) is 9.04. The van der Waals surface area contributed by atoms with Crippen LogP contribution in [0.25, 0.3) is 0 Å². The molecule has 0 aromatic carbocycles. The molecule has 24 heavy (non-hydrogen) atoms. The lowest BCUT2D eigenvalue weighted by molar-refractivity contribution is 0.0677. The average molecular weight is 325 g/mol. The number of aromatic amines is 1. The number of amides is 1. The first-order chi connectivity index (χ1) is 11.8. The molecule has 1 N–H and O–H groups in total. The fourth-order valence-electron chi connectivity index (χ4n) is 3.14. The first-order valence-electron chi connectivity index (χ1n) is 8.14. The Morgan fingerprint density at radius 3 is 2.88 bits per heavy atom. The van der Waals surface area contributed by atoms with Gasteiger partial charge in [-0.15, -0.1) is 0 Å². The van der Waals surface area contributed by atoms with Crippen molar-refractivity contribution in [1.29, 1.82) is 0 Å². The van der Waals surface area contributed by atoms with Crippen molar-refractivity contribution in [1.82, 2.24) is 24.6 Å². The van der Waals surface area contributed by atoms with Crippen molar-refractivity contribution in [3.05, 3.63) is 60.3 Å². The van der Waals surface area contributed by atoms with E-state index in [1.165, 1.54) is 0 Å². The zero-order valence-corrected chi connectivity index (χ0v) is 13.3. The fourth-order valence-corrected chi connectivity index (χ4v) is 3.14. The normalized spacial score (nSPS) is 15.8. The number of carbonyl (C=O) groups excluding carboxylic acids is 1. The smallest absolute Gasteiger partial charge is 0.289 e. The van der Waals surface area contributed by atoms with Crippen LogP contribution >= 0.6 is 0 Å². The van der Waals surface area contributed by atoms with Crippen LogP contribution in [0.2, 0.25) is 0 Å². The second kappa shape index (κ2) is 6.35. The lowest BCUT2D eigenvalue weighted by Crippen LogP contribution is -2.37. The van der Waals surface area contributed by atoms with Crippen molar-refractivity contribution in [2.75, 3.05) is 13.1 Å². The largest absolute Gasteiger partial charge is 0.454 e. The molecule has 124 valence electrons. The molecule has 0 atom stereocenters. The quantitative estimate of drug-likeness (QED) is 0.798. The minimum Gasteiger partial charge on any atom is -0.454 e. The van der Waals surface area contributed by atoms with E-state index in [1.54, 1.807) is 23.1 Å². The molecule has 7 heteroatoms. The molecule has 1 amide bonds. The Labute approximate surface area is 139 Å². The van der Waals surface area contributed by atoms with Crippen molar-refractivity contribution in [3.8, 4) is 0 Å². The highest BCUT2D eigenvalue weighted by molar-refractivity contribution is 5.91. The maximum Gasteiger partial charge on any atom is 0.289 e. The highest BCUT2D eigenvalue weighted by atomic mass is 16.4. The maximum atomic E-state index is 12.6. The molecule has 1 aliphatic heterocycles. The van der Waals surface area contributed by atoms with Crippen LogP contribution in [0.1, 0.15) is 40.9 Å². The summed E-state index contributed by atoms with van der Waals surface area (Å²) >= 11 is 0. The summed E-state index contributed by atoms with van der Waals surface area (Å²) in [6, 6.07) is 5.45. The van der Waals surface area contributed by atoms with Gasteiger partial charge in [-0.2, -0.15) is 5.10 Å². The summed E-state index contributed by atoms with van der Waals surface area (Å²) in [6.45, 7) is 1.97. The van der Waals surface area contributed by atoms with Gasteiger partial charge in [0.25, 0.3) is 5.91 Å². The van der Waals surface area contributed by atoms with Gasteiger partial charge >= 0.3 is 0 Å². The van der Waals surface area contributed by atoms with E-state index in [2.05, 4.69) is 15.1 Å². The predicted molar refractivity (Wildman–Crippen MR) is 86.5 cm³/mol. The fraction of sp³-hybridized carbons (Fsp3) is 0.353. The van der Waals surface area contributed by atoms with Crippen molar-refractivity contribution in [2.24, 2.45) is 0 Å². The Kier molecular flexibility index (Phi) is 3.90. The van der Waals surface area contributed by atoms with E-state index in [1.807, 2.05) is 29.4 Å². The van der Waals surface area contributed by atoms with Gasteiger partial charge in [0.15, 0.2) is 5.76 Å². The van der Waals surface area contributed by atoms with Gasteiger partial charge in [0.2, 0.25) is 0 Å². The molecule has 1 saturated heterocycles. The molecule has 4 heterocycles. The van der Waals surface area contributed by atoms with Crippen molar-refractivity contribution < 1.29 is 9.21 Å². The maximum absolute atomic E-state index is 12.6. The molecule has 0 radical (unpaired) electrons. The van der Waals surface area contributed by atoms with Crippen LogP contribution in [0.5, 0.6) is 0 Å². The Balaban J connectivity index is 1.37. The van der Waals surface area contributed by atoms with Gasteiger partial charge in [-0.05, 0) is 31.0 Å². The van der Waals surface area contributed by atoms with E-state index in [0.29, 0.717) is 18.2 Å². The molecular formula is C17H19N5O2. The Morgan fingerprint density at radius 2 is 2.17 bits per heavy atom. The van der Waals surface area contributed by atoms with Gasteiger partial charge in [-0.1, -0.05) is 0 Å². The molecule has 1 fully saturated rings. The molecule has 3 aromatic rings. The zero-order chi connectivity index (χ0) is 16.4. The number of nitrogens with zero attached hydrogens (tertiary/aromatic N) is 4. The standard InChI is InChI=1S/C17H19N5O2/c23-17(15-3-2-14(24-15)12-22-9-1-6-20-22)21-10-4-13(5-11-21)16-18-7-8-19-16/h1-3,6-9,13H,4-5,10-12H2,(H,18,19). The zero-order valence-electron chi connectivity index (χ0n) is 13.3. The summed E-state index contributed by atoms with van der Waals surface area (Å²) in [5.74, 6) is 2.50. The molecule has 7 nitrogen and oxygen atoms in total. The number of H-pyrrole nitrogens is 1. The van der Waals surface area contributed by atoms with Crippen molar-refractivity contribution in [3.63, 3.8) is 0 Å². The monoisotopic (exact) mass is 325 g/mol. The van der Waals surface area contributed by atoms with E-state index in [9.17, 15) is 4.79 Å².